The molecule has 0 aliphatic rings. The van der Waals surface area contributed by atoms with Gasteiger partial charge in [0.05, 0.1) is 6.26 Å². The van der Waals surface area contributed by atoms with Gasteiger partial charge in [-0.15, -0.1) is 0 Å². The van der Waals surface area contributed by atoms with Crippen LogP contribution < -0.4 is 4.74 Å². The molecule has 0 saturated carbocycles. The van der Waals surface area contributed by atoms with Gasteiger partial charge in [-0.3, -0.25) is 0 Å². The quantitative estimate of drug-likeness (QED) is 0.694. The molecule has 0 spiro atoms. The number of rotatable bonds is 5. The fourth-order valence-electron chi connectivity index (χ4n) is 1.49. The first-order valence-electron chi connectivity index (χ1n) is 5.60. The van der Waals surface area contributed by atoms with Crippen LogP contribution in [0.15, 0.2) is 77.7 Å². The van der Waals surface area contributed by atoms with Gasteiger partial charge in [0.25, 0.3) is 0 Å². The van der Waals surface area contributed by atoms with Gasteiger partial charge in [-0.25, -0.2) is 0 Å². The van der Waals surface area contributed by atoms with E-state index in [9.17, 15) is 0 Å². The molecule has 0 amide bonds. The van der Waals surface area contributed by atoms with Gasteiger partial charge in [0.15, 0.2) is 0 Å². The molecule has 0 atom stereocenters. The predicted molar refractivity (Wildman–Crippen MR) is 77.9 cm³/mol. The molecule has 0 aromatic heterocycles. The number of hydrogen-bond donors (Lipinski definition) is 0. The van der Waals surface area contributed by atoms with Crippen LogP contribution in [-0.4, -0.2) is 0 Å². The van der Waals surface area contributed by atoms with Crippen molar-refractivity contribution in [2.45, 2.75) is 9.79 Å². The van der Waals surface area contributed by atoms with Crippen LogP contribution in [0.5, 0.6) is 5.75 Å². The number of benzene rings is 2. The third-order valence-electron chi connectivity index (χ3n) is 2.39. The standard InChI is InChI=1S/C16H14OS/c1-3-13-5-9-15(10-6-13)18-16-11-7-14(8-12-16)17-4-2/h3-12H,1-2H2. The van der Waals surface area contributed by atoms with Crippen molar-refractivity contribution in [1.82, 2.24) is 0 Å². The van der Waals surface area contributed by atoms with E-state index in [4.69, 9.17) is 4.74 Å². The summed E-state index contributed by atoms with van der Waals surface area (Å²) in [4.78, 5) is 2.38. The molecule has 0 aliphatic heterocycles. The summed E-state index contributed by atoms with van der Waals surface area (Å²) in [5, 5.41) is 0. The van der Waals surface area contributed by atoms with Gasteiger partial charge in [0, 0.05) is 9.79 Å². The Balaban J connectivity index is 2.07. The summed E-state index contributed by atoms with van der Waals surface area (Å²) in [5.74, 6) is 0.802. The lowest BCUT2D eigenvalue weighted by molar-refractivity contribution is 0.483. The minimum absolute atomic E-state index is 0.802. The molecule has 0 heterocycles. The van der Waals surface area contributed by atoms with Crippen molar-refractivity contribution in [1.29, 1.82) is 0 Å². The Morgan fingerprint density at radius 3 is 1.89 bits per heavy atom. The van der Waals surface area contributed by atoms with Gasteiger partial charge >= 0.3 is 0 Å². The monoisotopic (exact) mass is 254 g/mol. The van der Waals surface area contributed by atoms with Crippen molar-refractivity contribution in [2.75, 3.05) is 0 Å². The fraction of sp³-hybridized carbons (Fsp3) is 0. The van der Waals surface area contributed by atoms with E-state index in [1.807, 2.05) is 30.3 Å². The highest BCUT2D eigenvalue weighted by Crippen LogP contribution is 2.29. The van der Waals surface area contributed by atoms with Crippen molar-refractivity contribution < 1.29 is 4.74 Å². The van der Waals surface area contributed by atoms with E-state index in [-0.39, 0.29) is 0 Å². The second kappa shape index (κ2) is 6.12. The molecule has 1 nitrogen and oxygen atoms in total. The maximum atomic E-state index is 5.18. The number of hydrogen-bond acceptors (Lipinski definition) is 2. The lowest BCUT2D eigenvalue weighted by Crippen LogP contribution is -1.80. The van der Waals surface area contributed by atoms with Crippen LogP contribution in [0.2, 0.25) is 0 Å². The van der Waals surface area contributed by atoms with E-state index in [0.29, 0.717) is 0 Å². The minimum atomic E-state index is 0.802. The van der Waals surface area contributed by atoms with E-state index in [0.717, 1.165) is 11.3 Å². The summed E-state index contributed by atoms with van der Waals surface area (Å²) < 4.78 is 5.18. The van der Waals surface area contributed by atoms with Crippen LogP contribution >= 0.6 is 11.8 Å². The van der Waals surface area contributed by atoms with Gasteiger partial charge < -0.3 is 4.74 Å². The van der Waals surface area contributed by atoms with Crippen molar-refractivity contribution in [3.8, 4) is 5.75 Å². The molecule has 0 fully saturated rings. The Morgan fingerprint density at radius 2 is 1.39 bits per heavy atom. The van der Waals surface area contributed by atoms with Crippen molar-refractivity contribution in [2.24, 2.45) is 0 Å². The van der Waals surface area contributed by atoms with E-state index in [2.05, 4.69) is 37.4 Å². The lowest BCUT2D eigenvalue weighted by atomic mass is 10.2. The molecule has 2 aromatic rings. The van der Waals surface area contributed by atoms with E-state index in [1.54, 1.807) is 11.8 Å². The van der Waals surface area contributed by atoms with Crippen LogP contribution in [0, 0.1) is 0 Å². The molecule has 2 heteroatoms. The highest BCUT2D eigenvalue weighted by atomic mass is 32.2. The van der Waals surface area contributed by atoms with Gasteiger partial charge in [-0.2, -0.15) is 0 Å². The van der Waals surface area contributed by atoms with Crippen LogP contribution in [-0.2, 0) is 0 Å². The molecule has 0 unspecified atom stereocenters. The topological polar surface area (TPSA) is 9.23 Å². The molecule has 2 aromatic carbocycles. The first-order valence-corrected chi connectivity index (χ1v) is 6.41. The van der Waals surface area contributed by atoms with E-state index >= 15 is 0 Å². The second-order valence-electron chi connectivity index (χ2n) is 3.63. The highest BCUT2D eigenvalue weighted by molar-refractivity contribution is 7.99. The average Bonchev–Trinajstić information content (AvgIpc) is 2.42. The molecular weight excluding hydrogens is 240 g/mol. The Labute approximate surface area is 112 Å². The molecule has 0 N–H and O–H groups in total. The summed E-state index contributed by atoms with van der Waals surface area (Å²) in [7, 11) is 0. The summed E-state index contributed by atoms with van der Waals surface area (Å²) in [6.07, 6.45) is 3.27. The summed E-state index contributed by atoms with van der Waals surface area (Å²) in [6.45, 7) is 7.27. The molecule has 0 aliphatic carbocycles. The van der Waals surface area contributed by atoms with Crippen molar-refractivity contribution in [3.05, 3.63) is 73.5 Å². The normalized spacial score (nSPS) is 9.78. The molecule has 18 heavy (non-hydrogen) atoms. The van der Waals surface area contributed by atoms with Crippen LogP contribution in [0.25, 0.3) is 6.08 Å². The first-order chi connectivity index (χ1) is 8.81. The molecule has 90 valence electrons. The Bertz CT molecular complexity index is 526. The largest absolute Gasteiger partial charge is 0.466 e. The van der Waals surface area contributed by atoms with Crippen LogP contribution in [0.4, 0.5) is 0 Å². The zero-order chi connectivity index (χ0) is 12.8. The third-order valence-corrected chi connectivity index (χ3v) is 3.41. The smallest absolute Gasteiger partial charge is 0.126 e. The molecule has 0 saturated heterocycles. The summed E-state index contributed by atoms with van der Waals surface area (Å²) in [6, 6.07) is 16.2. The Morgan fingerprint density at radius 1 is 0.833 bits per heavy atom. The highest BCUT2D eigenvalue weighted by Gasteiger charge is 1.98. The fourth-order valence-corrected chi connectivity index (χ4v) is 2.31. The first kappa shape index (κ1) is 12.5. The zero-order valence-electron chi connectivity index (χ0n) is 10.0. The Hall–Kier alpha value is -1.93. The van der Waals surface area contributed by atoms with Gasteiger partial charge in [0.1, 0.15) is 5.75 Å². The van der Waals surface area contributed by atoms with Gasteiger partial charge in [-0.1, -0.05) is 43.1 Å². The van der Waals surface area contributed by atoms with Crippen molar-refractivity contribution >= 4 is 17.8 Å². The van der Waals surface area contributed by atoms with Crippen molar-refractivity contribution in [3.63, 3.8) is 0 Å². The third kappa shape index (κ3) is 3.28. The molecule has 0 radical (unpaired) electrons. The molecule has 2 rings (SSSR count). The SMILES string of the molecule is C=COc1ccc(Sc2ccc(C=C)cc2)cc1. The maximum Gasteiger partial charge on any atom is 0.126 e. The van der Waals surface area contributed by atoms with Gasteiger partial charge in [-0.05, 0) is 42.0 Å². The second-order valence-corrected chi connectivity index (χ2v) is 4.78. The lowest BCUT2D eigenvalue weighted by Gasteiger charge is -2.04. The molecule has 0 bridgehead atoms. The minimum Gasteiger partial charge on any atom is -0.466 e. The molecular formula is C16H14OS. The maximum absolute atomic E-state index is 5.18. The zero-order valence-corrected chi connectivity index (χ0v) is 10.8. The van der Waals surface area contributed by atoms with Crippen LogP contribution in [0.1, 0.15) is 5.56 Å². The van der Waals surface area contributed by atoms with E-state index in [1.165, 1.54) is 16.1 Å². The summed E-state index contributed by atoms with van der Waals surface area (Å²) in [5.41, 5.74) is 1.13. The van der Waals surface area contributed by atoms with Gasteiger partial charge in [0.2, 0.25) is 0 Å². The average molecular weight is 254 g/mol. The summed E-state index contributed by atoms with van der Waals surface area (Å²) >= 11 is 1.72. The Kier molecular flexibility index (Phi) is 4.26. The van der Waals surface area contributed by atoms with Crippen LogP contribution in [0.3, 0.4) is 0 Å². The predicted octanol–water partition coefficient (Wildman–Crippen LogP) is 5.00. The number of ether oxygens (including phenoxy) is 1. The van der Waals surface area contributed by atoms with E-state index < -0.39 is 0 Å².